The molecule has 0 aliphatic carbocycles. The van der Waals surface area contributed by atoms with Gasteiger partial charge in [-0.25, -0.2) is 9.97 Å². The minimum Gasteiger partial charge on any atom is -0.497 e. The number of rotatable bonds is 9. The Morgan fingerprint density at radius 3 is 2.80 bits per heavy atom. The van der Waals surface area contributed by atoms with Crippen molar-refractivity contribution < 1.29 is 9.53 Å². The van der Waals surface area contributed by atoms with Crippen LogP contribution in [0.3, 0.4) is 0 Å². The van der Waals surface area contributed by atoms with Gasteiger partial charge in [0.1, 0.15) is 11.4 Å². The average Bonchev–Trinajstić information content (AvgIpc) is 2.61. The molecule has 2 N–H and O–H groups in total. The van der Waals surface area contributed by atoms with Crippen LogP contribution in [0.1, 0.15) is 41.5 Å². The van der Waals surface area contributed by atoms with Crippen molar-refractivity contribution in [2.75, 3.05) is 25.5 Å². The first-order chi connectivity index (χ1) is 12.1. The molecule has 6 nitrogen and oxygen atoms in total. The number of nitrogens with zero attached hydrogens (tertiary/aromatic N) is 2. The van der Waals surface area contributed by atoms with Gasteiger partial charge in [0.05, 0.1) is 7.11 Å². The van der Waals surface area contributed by atoms with E-state index < -0.39 is 0 Å². The Kier molecular flexibility index (Phi) is 7.19. The molecule has 1 aromatic carbocycles. The summed E-state index contributed by atoms with van der Waals surface area (Å²) in [5.41, 5.74) is 2.32. The van der Waals surface area contributed by atoms with E-state index in [0.717, 1.165) is 36.3 Å². The highest BCUT2D eigenvalue weighted by atomic mass is 16.5. The van der Waals surface area contributed by atoms with Crippen molar-refractivity contribution in [3.05, 3.63) is 47.3 Å². The smallest absolute Gasteiger partial charge is 0.270 e. The first-order valence-electron chi connectivity index (χ1n) is 8.63. The highest BCUT2D eigenvalue weighted by Gasteiger charge is 2.10. The van der Waals surface area contributed by atoms with Gasteiger partial charge in [-0.1, -0.05) is 25.5 Å². The van der Waals surface area contributed by atoms with Crippen LogP contribution in [0.4, 0.5) is 5.95 Å². The molecule has 0 spiro atoms. The topological polar surface area (TPSA) is 76.1 Å². The molecular formula is C19H26N4O2. The summed E-state index contributed by atoms with van der Waals surface area (Å²) in [5.74, 6) is 1.16. The van der Waals surface area contributed by atoms with Gasteiger partial charge in [-0.3, -0.25) is 4.79 Å². The number of carbonyl (C=O) groups is 1. The van der Waals surface area contributed by atoms with Crippen LogP contribution >= 0.6 is 0 Å². The van der Waals surface area contributed by atoms with Gasteiger partial charge in [0.2, 0.25) is 5.95 Å². The van der Waals surface area contributed by atoms with Crippen LogP contribution in [0.25, 0.3) is 0 Å². The van der Waals surface area contributed by atoms with Gasteiger partial charge in [-0.2, -0.15) is 0 Å². The van der Waals surface area contributed by atoms with E-state index >= 15 is 0 Å². The van der Waals surface area contributed by atoms with Gasteiger partial charge in [0, 0.05) is 18.8 Å². The summed E-state index contributed by atoms with van der Waals surface area (Å²) in [5, 5.41) is 6.07. The predicted octanol–water partition coefficient (Wildman–Crippen LogP) is 2.98. The van der Waals surface area contributed by atoms with Crippen LogP contribution in [0, 0.1) is 6.92 Å². The van der Waals surface area contributed by atoms with Crippen LogP contribution in [-0.4, -0.2) is 36.1 Å². The van der Waals surface area contributed by atoms with Crippen molar-refractivity contribution >= 4 is 11.9 Å². The van der Waals surface area contributed by atoms with Crippen molar-refractivity contribution in [2.24, 2.45) is 0 Å². The molecule has 2 aromatic rings. The fraction of sp³-hybridized carbons (Fsp3) is 0.421. The lowest BCUT2D eigenvalue weighted by Crippen LogP contribution is -2.26. The molecule has 1 aromatic heterocycles. The fourth-order valence-corrected chi connectivity index (χ4v) is 2.38. The molecule has 25 heavy (non-hydrogen) atoms. The van der Waals surface area contributed by atoms with Crippen molar-refractivity contribution in [3.63, 3.8) is 0 Å². The van der Waals surface area contributed by atoms with Crippen molar-refractivity contribution in [1.29, 1.82) is 0 Å². The third-order valence-corrected chi connectivity index (χ3v) is 3.73. The van der Waals surface area contributed by atoms with Gasteiger partial charge in [-0.15, -0.1) is 0 Å². The van der Waals surface area contributed by atoms with E-state index in [4.69, 9.17) is 4.74 Å². The maximum absolute atomic E-state index is 12.1. The lowest BCUT2D eigenvalue weighted by atomic mass is 10.1. The largest absolute Gasteiger partial charge is 0.497 e. The number of aryl methyl sites for hydroxylation is 1. The molecule has 0 bridgehead atoms. The number of nitrogens with one attached hydrogen (secondary N) is 2. The Bertz CT molecular complexity index is 704. The van der Waals surface area contributed by atoms with E-state index in [0.29, 0.717) is 24.7 Å². The highest BCUT2D eigenvalue weighted by Crippen LogP contribution is 2.13. The number of carbonyl (C=O) groups excluding carboxylic acids is 1. The third-order valence-electron chi connectivity index (χ3n) is 3.73. The van der Waals surface area contributed by atoms with Crippen LogP contribution in [0.5, 0.6) is 5.75 Å². The Labute approximate surface area is 149 Å². The number of benzene rings is 1. The number of amides is 1. The number of aromatic nitrogens is 2. The molecule has 0 aliphatic rings. The van der Waals surface area contributed by atoms with Gasteiger partial charge < -0.3 is 15.4 Å². The highest BCUT2D eigenvalue weighted by molar-refractivity contribution is 5.92. The first-order valence-corrected chi connectivity index (χ1v) is 8.63. The van der Waals surface area contributed by atoms with Crippen molar-refractivity contribution in [2.45, 2.75) is 33.1 Å². The molecular weight excluding hydrogens is 316 g/mol. The van der Waals surface area contributed by atoms with E-state index in [1.807, 2.05) is 31.2 Å². The minimum atomic E-state index is -0.158. The van der Waals surface area contributed by atoms with Crippen LogP contribution in [0.15, 0.2) is 30.3 Å². The molecule has 0 aliphatic heterocycles. The van der Waals surface area contributed by atoms with E-state index in [-0.39, 0.29) is 5.91 Å². The molecule has 6 heteroatoms. The van der Waals surface area contributed by atoms with Gasteiger partial charge in [0.25, 0.3) is 5.91 Å². The molecule has 0 fully saturated rings. The second-order valence-electron chi connectivity index (χ2n) is 5.86. The normalized spacial score (nSPS) is 10.4. The zero-order valence-electron chi connectivity index (χ0n) is 15.1. The molecule has 0 radical (unpaired) electrons. The van der Waals surface area contributed by atoms with E-state index in [9.17, 15) is 4.79 Å². The molecule has 0 unspecified atom stereocenters. The second-order valence-corrected chi connectivity index (χ2v) is 5.86. The molecule has 134 valence electrons. The fourth-order valence-electron chi connectivity index (χ4n) is 2.38. The molecule has 2 rings (SSSR count). The summed E-state index contributed by atoms with van der Waals surface area (Å²) in [6.45, 7) is 5.29. The summed E-state index contributed by atoms with van der Waals surface area (Å²) in [4.78, 5) is 20.8. The van der Waals surface area contributed by atoms with E-state index in [1.165, 1.54) is 0 Å². The predicted molar refractivity (Wildman–Crippen MR) is 99.2 cm³/mol. The number of methoxy groups -OCH3 is 1. The third kappa shape index (κ3) is 6.06. The number of hydrogen-bond acceptors (Lipinski definition) is 5. The zero-order chi connectivity index (χ0) is 18.1. The van der Waals surface area contributed by atoms with Gasteiger partial charge >= 0.3 is 0 Å². The summed E-state index contributed by atoms with van der Waals surface area (Å²) < 4.78 is 5.23. The summed E-state index contributed by atoms with van der Waals surface area (Å²) >= 11 is 0. The number of ether oxygens (including phenoxy) is 1. The average molecular weight is 342 g/mol. The lowest BCUT2D eigenvalue weighted by Gasteiger charge is -2.09. The molecule has 1 amide bonds. The Balaban J connectivity index is 1.94. The SMILES string of the molecule is CCCCNC(=O)c1cc(C)nc(NCCc2cccc(OC)c2)n1. The molecule has 1 heterocycles. The van der Waals surface area contributed by atoms with Crippen molar-refractivity contribution in [1.82, 2.24) is 15.3 Å². The molecule has 0 atom stereocenters. The Morgan fingerprint density at radius 2 is 2.04 bits per heavy atom. The maximum Gasteiger partial charge on any atom is 0.270 e. The van der Waals surface area contributed by atoms with Crippen LogP contribution < -0.4 is 15.4 Å². The van der Waals surface area contributed by atoms with E-state index in [2.05, 4.69) is 27.5 Å². The monoisotopic (exact) mass is 342 g/mol. The maximum atomic E-state index is 12.1. The molecule has 0 saturated heterocycles. The van der Waals surface area contributed by atoms with Gasteiger partial charge in [-0.05, 0) is 43.5 Å². The van der Waals surface area contributed by atoms with E-state index in [1.54, 1.807) is 13.2 Å². The second kappa shape index (κ2) is 9.61. The number of unbranched alkanes of at least 4 members (excludes halogenated alkanes) is 1. The quantitative estimate of drug-likeness (QED) is 0.685. The standard InChI is InChI=1S/C19H26N4O2/c1-4-5-10-20-18(24)17-12-14(2)22-19(23-17)21-11-9-15-7-6-8-16(13-15)25-3/h6-8,12-13H,4-5,9-11H2,1-3H3,(H,20,24)(H,21,22,23). The van der Waals surface area contributed by atoms with Crippen LogP contribution in [-0.2, 0) is 6.42 Å². The van der Waals surface area contributed by atoms with Crippen LogP contribution in [0.2, 0.25) is 0 Å². The Hall–Kier alpha value is -2.63. The number of hydrogen-bond donors (Lipinski definition) is 2. The zero-order valence-corrected chi connectivity index (χ0v) is 15.1. The molecule has 0 saturated carbocycles. The summed E-state index contributed by atoms with van der Waals surface area (Å²) in [6, 6.07) is 9.65. The number of anilines is 1. The Morgan fingerprint density at radius 1 is 1.20 bits per heavy atom. The van der Waals surface area contributed by atoms with Gasteiger partial charge in [0.15, 0.2) is 0 Å². The lowest BCUT2D eigenvalue weighted by molar-refractivity contribution is 0.0948. The van der Waals surface area contributed by atoms with Crippen molar-refractivity contribution in [3.8, 4) is 5.75 Å². The summed E-state index contributed by atoms with van der Waals surface area (Å²) in [6.07, 6.45) is 2.81. The minimum absolute atomic E-state index is 0.158. The summed E-state index contributed by atoms with van der Waals surface area (Å²) in [7, 11) is 1.66. The first kappa shape index (κ1) is 18.7.